The Morgan fingerprint density at radius 1 is 0.929 bits per heavy atom. The number of carbonyl (C=O) groups is 3. The molecule has 218 valence electrons. The summed E-state index contributed by atoms with van der Waals surface area (Å²) >= 11 is 0. The number of aliphatic carboxylic acids is 1. The van der Waals surface area contributed by atoms with Crippen molar-refractivity contribution in [3.05, 3.63) is 94.5 Å². The Morgan fingerprint density at radius 3 is 2.21 bits per heavy atom. The average Bonchev–Trinajstić information content (AvgIpc) is 2.96. The Labute approximate surface area is 244 Å². The number of hydrogen-bond acceptors (Lipinski definition) is 3. The fraction of sp³-hybridized carbons (Fsp3) is 0.344. The predicted molar refractivity (Wildman–Crippen MR) is 155 cm³/mol. The van der Waals surface area contributed by atoms with Crippen LogP contribution in [0.1, 0.15) is 83.0 Å². The summed E-state index contributed by atoms with van der Waals surface area (Å²) < 4.78 is 40.1. The van der Waals surface area contributed by atoms with Gasteiger partial charge in [-0.05, 0) is 66.1 Å². The summed E-state index contributed by atoms with van der Waals surface area (Å²) in [5, 5.41) is 13.9. The first kappa shape index (κ1) is 30.9. The Morgan fingerprint density at radius 2 is 1.60 bits per heavy atom. The van der Waals surface area contributed by atoms with Gasteiger partial charge in [0.1, 0.15) is 7.85 Å². The molecule has 0 spiro atoms. The molecule has 6 nitrogen and oxygen atoms in total. The van der Waals surface area contributed by atoms with E-state index in [-0.39, 0.29) is 30.5 Å². The molecule has 10 heteroatoms. The summed E-state index contributed by atoms with van der Waals surface area (Å²) in [6.07, 6.45) is 1.26. The topological polar surface area (TPSA) is 95.5 Å². The third-order valence-corrected chi connectivity index (χ3v) is 7.56. The van der Waals surface area contributed by atoms with Gasteiger partial charge in [0, 0.05) is 17.8 Å². The predicted octanol–water partition coefficient (Wildman–Crippen LogP) is 5.72. The van der Waals surface area contributed by atoms with Crippen LogP contribution in [0.5, 0.6) is 0 Å². The van der Waals surface area contributed by atoms with Crippen molar-refractivity contribution in [3.63, 3.8) is 0 Å². The van der Waals surface area contributed by atoms with Crippen molar-refractivity contribution in [3.8, 4) is 0 Å². The molecule has 0 aromatic heterocycles. The second-order valence-electron chi connectivity index (χ2n) is 10.7. The molecule has 0 saturated heterocycles. The number of carboxylic acids is 1. The summed E-state index contributed by atoms with van der Waals surface area (Å²) in [6.45, 7) is -0.00489. The third-order valence-electron chi connectivity index (χ3n) is 7.56. The molecule has 2 amide bonds. The maximum atomic E-state index is 13.6. The van der Waals surface area contributed by atoms with Gasteiger partial charge in [0.25, 0.3) is 5.91 Å². The minimum absolute atomic E-state index is 0.00489. The molecule has 1 aliphatic rings. The smallest absolute Gasteiger partial charge is 0.416 e. The standard InChI is InChI=1S/C32H32BF3N2O4/c33-26-17-25(32(34,35)36)18-27(19-26)38-31(42)28(23-12-10-22(11-13-23)21-4-2-1-3-5-21)16-20-6-8-24(9-7-20)30(41)37-15-14-29(39)40/h6-13,17-19,21,28H,1-5,14-16H2,(H,37,41)(H,38,42)(H,39,40). The lowest BCUT2D eigenvalue weighted by atomic mass is 9.83. The van der Waals surface area contributed by atoms with E-state index in [1.165, 1.54) is 30.9 Å². The van der Waals surface area contributed by atoms with Crippen LogP contribution in [0.2, 0.25) is 0 Å². The van der Waals surface area contributed by atoms with Gasteiger partial charge >= 0.3 is 12.1 Å². The van der Waals surface area contributed by atoms with E-state index in [4.69, 9.17) is 13.0 Å². The number of hydrogen-bond donors (Lipinski definition) is 3. The van der Waals surface area contributed by atoms with Crippen LogP contribution in [0.3, 0.4) is 0 Å². The van der Waals surface area contributed by atoms with Gasteiger partial charge in [-0.15, -0.1) is 0 Å². The highest BCUT2D eigenvalue weighted by atomic mass is 19.4. The molecule has 1 fully saturated rings. The second kappa shape index (κ2) is 13.7. The first-order valence-electron chi connectivity index (χ1n) is 14.0. The number of amides is 2. The number of carbonyl (C=O) groups excluding carboxylic acids is 2. The largest absolute Gasteiger partial charge is 0.481 e. The zero-order valence-electron chi connectivity index (χ0n) is 23.0. The van der Waals surface area contributed by atoms with Gasteiger partial charge in [-0.1, -0.05) is 67.2 Å². The van der Waals surface area contributed by atoms with Gasteiger partial charge in [0.05, 0.1) is 17.9 Å². The van der Waals surface area contributed by atoms with Crippen LogP contribution in [0.4, 0.5) is 18.9 Å². The maximum absolute atomic E-state index is 13.6. The van der Waals surface area contributed by atoms with E-state index < -0.39 is 35.4 Å². The molecular weight excluding hydrogens is 544 g/mol. The minimum Gasteiger partial charge on any atom is -0.481 e. The molecule has 3 N–H and O–H groups in total. The van der Waals surface area contributed by atoms with Crippen molar-refractivity contribution in [2.75, 3.05) is 11.9 Å². The molecule has 3 aromatic rings. The molecular formula is C32H32BF3N2O4. The summed E-state index contributed by atoms with van der Waals surface area (Å²) in [4.78, 5) is 36.6. The fourth-order valence-corrected chi connectivity index (χ4v) is 5.33. The van der Waals surface area contributed by atoms with Crippen molar-refractivity contribution in [1.82, 2.24) is 5.32 Å². The Bertz CT molecular complexity index is 1400. The first-order valence-corrected chi connectivity index (χ1v) is 14.0. The number of halogens is 3. The molecule has 3 aromatic carbocycles. The molecule has 0 aliphatic heterocycles. The zero-order chi connectivity index (χ0) is 30.3. The van der Waals surface area contributed by atoms with Gasteiger partial charge in [-0.3, -0.25) is 14.4 Å². The number of alkyl halides is 3. The van der Waals surface area contributed by atoms with Crippen molar-refractivity contribution < 1.29 is 32.7 Å². The van der Waals surface area contributed by atoms with E-state index in [0.29, 0.717) is 17.0 Å². The maximum Gasteiger partial charge on any atom is 0.416 e. The Hall–Kier alpha value is -4.08. The van der Waals surface area contributed by atoms with Gasteiger partial charge in [0.2, 0.25) is 5.91 Å². The molecule has 0 heterocycles. The van der Waals surface area contributed by atoms with E-state index in [1.807, 2.05) is 24.3 Å². The monoisotopic (exact) mass is 576 g/mol. The normalized spacial score (nSPS) is 14.6. The van der Waals surface area contributed by atoms with Gasteiger partial charge in [0.15, 0.2) is 0 Å². The van der Waals surface area contributed by atoms with Crippen LogP contribution >= 0.6 is 0 Å². The minimum atomic E-state index is -4.62. The van der Waals surface area contributed by atoms with Crippen LogP contribution < -0.4 is 16.1 Å². The van der Waals surface area contributed by atoms with E-state index >= 15 is 0 Å². The fourth-order valence-electron chi connectivity index (χ4n) is 5.33. The molecule has 1 saturated carbocycles. The summed E-state index contributed by atoms with van der Waals surface area (Å²) in [5.41, 5.74) is 1.86. The summed E-state index contributed by atoms with van der Waals surface area (Å²) in [5.74, 6) is -2.19. The molecule has 42 heavy (non-hydrogen) atoms. The number of nitrogens with one attached hydrogen (secondary N) is 2. The van der Waals surface area contributed by atoms with Crippen LogP contribution in [-0.2, 0) is 22.2 Å². The molecule has 1 atom stereocenters. The third kappa shape index (κ3) is 8.47. The zero-order valence-corrected chi connectivity index (χ0v) is 23.0. The molecule has 1 unspecified atom stereocenters. The molecule has 4 rings (SSSR count). The highest BCUT2D eigenvalue weighted by Crippen LogP contribution is 2.34. The van der Waals surface area contributed by atoms with Crippen LogP contribution in [0, 0.1) is 0 Å². The summed E-state index contributed by atoms with van der Waals surface area (Å²) in [6, 6.07) is 17.4. The highest BCUT2D eigenvalue weighted by molar-refractivity contribution is 6.32. The second-order valence-corrected chi connectivity index (χ2v) is 10.7. The van der Waals surface area contributed by atoms with Crippen molar-refractivity contribution in [2.24, 2.45) is 0 Å². The SMILES string of the molecule is [B]c1cc(NC(=O)C(Cc2ccc(C(=O)NCCC(=O)O)cc2)c2ccc(C3CCCCC3)cc2)cc(C(F)(F)F)c1. The first-order chi connectivity index (χ1) is 20.0. The number of rotatable bonds is 10. The van der Waals surface area contributed by atoms with Crippen molar-refractivity contribution in [1.29, 1.82) is 0 Å². The highest BCUT2D eigenvalue weighted by Gasteiger charge is 2.31. The molecule has 2 radical (unpaired) electrons. The molecule has 1 aliphatic carbocycles. The van der Waals surface area contributed by atoms with Gasteiger partial charge < -0.3 is 15.7 Å². The molecule has 0 bridgehead atoms. The van der Waals surface area contributed by atoms with Crippen LogP contribution in [0.25, 0.3) is 0 Å². The number of benzene rings is 3. The van der Waals surface area contributed by atoms with Crippen LogP contribution in [0.15, 0.2) is 66.7 Å². The van der Waals surface area contributed by atoms with E-state index in [0.717, 1.165) is 30.5 Å². The van der Waals surface area contributed by atoms with Crippen LogP contribution in [-0.4, -0.2) is 37.3 Å². The lowest BCUT2D eigenvalue weighted by Gasteiger charge is -2.23. The van der Waals surface area contributed by atoms with Gasteiger partial charge in [-0.2, -0.15) is 13.2 Å². The van der Waals surface area contributed by atoms with E-state index in [1.54, 1.807) is 24.3 Å². The van der Waals surface area contributed by atoms with E-state index in [9.17, 15) is 27.6 Å². The van der Waals surface area contributed by atoms with E-state index in [2.05, 4.69) is 10.6 Å². The number of carboxylic acid groups (broad SMARTS) is 1. The quantitative estimate of drug-likeness (QED) is 0.269. The van der Waals surface area contributed by atoms with Crippen molar-refractivity contribution >= 4 is 36.8 Å². The summed E-state index contributed by atoms with van der Waals surface area (Å²) in [7, 11) is 5.70. The average molecular weight is 576 g/mol. The Balaban J connectivity index is 1.56. The van der Waals surface area contributed by atoms with Gasteiger partial charge in [-0.25, -0.2) is 0 Å². The lowest BCUT2D eigenvalue weighted by molar-refractivity contribution is -0.138. The lowest BCUT2D eigenvalue weighted by Crippen LogP contribution is -2.26. The number of anilines is 1. The van der Waals surface area contributed by atoms with Crippen molar-refractivity contribution in [2.45, 2.75) is 63.0 Å². The Kier molecular flexibility index (Phi) is 10.1.